The maximum atomic E-state index is 13.2. The molecule has 0 amide bonds. The van der Waals surface area contributed by atoms with Crippen LogP contribution in [0.2, 0.25) is 0 Å². The summed E-state index contributed by atoms with van der Waals surface area (Å²) >= 11 is 1.46. The van der Waals surface area contributed by atoms with Crippen LogP contribution in [0.25, 0.3) is 16.2 Å². The fourth-order valence-corrected chi connectivity index (χ4v) is 2.54. The van der Waals surface area contributed by atoms with Gasteiger partial charge in [-0.05, 0) is 30.7 Å². The SMILES string of the molecule is Cc1cc(-c2csc3nc(N)nn23)ccc1F. The number of rotatable bonds is 1. The summed E-state index contributed by atoms with van der Waals surface area (Å²) in [5.41, 5.74) is 7.92. The number of hydrogen-bond acceptors (Lipinski definition) is 4. The monoisotopic (exact) mass is 248 g/mol. The molecule has 0 bridgehead atoms. The molecule has 6 heteroatoms. The van der Waals surface area contributed by atoms with Crippen LogP contribution in [0.15, 0.2) is 23.6 Å². The summed E-state index contributed by atoms with van der Waals surface area (Å²) in [6, 6.07) is 4.96. The zero-order valence-corrected chi connectivity index (χ0v) is 9.83. The molecule has 0 aliphatic carbocycles. The summed E-state index contributed by atoms with van der Waals surface area (Å²) in [4.78, 5) is 4.81. The maximum Gasteiger partial charge on any atom is 0.241 e. The van der Waals surface area contributed by atoms with Crippen molar-refractivity contribution in [3.63, 3.8) is 0 Å². The molecule has 86 valence electrons. The Morgan fingerprint density at radius 2 is 2.24 bits per heavy atom. The standard InChI is InChI=1S/C11H9FN4S/c1-6-4-7(2-3-8(6)12)9-5-17-11-14-10(13)15-16(9)11/h2-5H,1H3,(H2,13,15). The zero-order valence-electron chi connectivity index (χ0n) is 9.01. The number of nitrogens with two attached hydrogens (primary N) is 1. The summed E-state index contributed by atoms with van der Waals surface area (Å²) in [5.74, 6) is 0.0373. The van der Waals surface area contributed by atoms with Crippen LogP contribution < -0.4 is 5.73 Å². The van der Waals surface area contributed by atoms with E-state index in [1.165, 1.54) is 17.4 Å². The molecule has 0 aliphatic rings. The maximum absolute atomic E-state index is 13.2. The van der Waals surface area contributed by atoms with Crippen molar-refractivity contribution in [3.05, 3.63) is 35.0 Å². The third-order valence-electron chi connectivity index (χ3n) is 2.55. The minimum absolute atomic E-state index is 0.210. The predicted molar refractivity (Wildman–Crippen MR) is 65.4 cm³/mol. The average molecular weight is 248 g/mol. The summed E-state index contributed by atoms with van der Waals surface area (Å²) in [5, 5.41) is 6.03. The summed E-state index contributed by atoms with van der Waals surface area (Å²) in [7, 11) is 0. The first-order valence-corrected chi connectivity index (χ1v) is 5.89. The van der Waals surface area contributed by atoms with E-state index in [1.54, 1.807) is 23.6 Å². The van der Waals surface area contributed by atoms with Crippen LogP contribution in [0.4, 0.5) is 10.3 Å². The predicted octanol–water partition coefficient (Wildman–Crippen LogP) is 2.49. The third kappa shape index (κ3) is 1.57. The minimum atomic E-state index is -0.210. The van der Waals surface area contributed by atoms with Crippen LogP contribution in [0, 0.1) is 12.7 Å². The van der Waals surface area contributed by atoms with E-state index in [1.807, 2.05) is 5.38 Å². The highest BCUT2D eigenvalue weighted by atomic mass is 32.1. The van der Waals surface area contributed by atoms with E-state index in [0.29, 0.717) is 5.56 Å². The Morgan fingerprint density at radius 1 is 1.41 bits per heavy atom. The highest BCUT2D eigenvalue weighted by Gasteiger charge is 2.10. The van der Waals surface area contributed by atoms with Gasteiger partial charge in [-0.2, -0.15) is 4.98 Å². The van der Waals surface area contributed by atoms with Gasteiger partial charge in [-0.1, -0.05) is 0 Å². The molecule has 0 atom stereocenters. The van der Waals surface area contributed by atoms with E-state index in [2.05, 4.69) is 10.1 Å². The lowest BCUT2D eigenvalue weighted by atomic mass is 10.1. The first-order valence-electron chi connectivity index (χ1n) is 5.01. The molecule has 2 N–H and O–H groups in total. The molecule has 4 nitrogen and oxygen atoms in total. The lowest BCUT2D eigenvalue weighted by Gasteiger charge is -2.01. The lowest BCUT2D eigenvalue weighted by molar-refractivity contribution is 0.618. The second kappa shape index (κ2) is 3.53. The van der Waals surface area contributed by atoms with Gasteiger partial charge in [-0.15, -0.1) is 16.4 Å². The molecule has 3 aromatic rings. The van der Waals surface area contributed by atoms with E-state index < -0.39 is 0 Å². The number of thiazole rings is 1. The zero-order chi connectivity index (χ0) is 12.0. The molecule has 17 heavy (non-hydrogen) atoms. The molecule has 2 aromatic heterocycles. The number of nitrogens with zero attached hydrogens (tertiary/aromatic N) is 3. The molecular formula is C11H9FN4S. The van der Waals surface area contributed by atoms with Gasteiger partial charge in [0.2, 0.25) is 10.9 Å². The summed E-state index contributed by atoms with van der Waals surface area (Å²) < 4.78 is 14.9. The van der Waals surface area contributed by atoms with E-state index >= 15 is 0 Å². The van der Waals surface area contributed by atoms with E-state index in [-0.39, 0.29) is 11.8 Å². The topological polar surface area (TPSA) is 56.2 Å². The fraction of sp³-hybridized carbons (Fsp3) is 0.0909. The van der Waals surface area contributed by atoms with Crippen molar-refractivity contribution in [2.45, 2.75) is 6.92 Å². The number of aryl methyl sites for hydroxylation is 1. The smallest absolute Gasteiger partial charge is 0.241 e. The molecule has 3 rings (SSSR count). The Labute approximate surface area is 101 Å². The highest BCUT2D eigenvalue weighted by Crippen LogP contribution is 2.26. The number of fused-ring (bicyclic) bond motifs is 1. The molecule has 2 heterocycles. The van der Waals surface area contributed by atoms with E-state index in [9.17, 15) is 4.39 Å². The van der Waals surface area contributed by atoms with Gasteiger partial charge in [-0.3, -0.25) is 0 Å². The van der Waals surface area contributed by atoms with Crippen molar-refractivity contribution in [2.24, 2.45) is 0 Å². The van der Waals surface area contributed by atoms with E-state index in [0.717, 1.165) is 16.2 Å². The van der Waals surface area contributed by atoms with Crippen LogP contribution >= 0.6 is 11.3 Å². The molecule has 0 spiro atoms. The van der Waals surface area contributed by atoms with Gasteiger partial charge in [0.05, 0.1) is 5.69 Å². The summed E-state index contributed by atoms with van der Waals surface area (Å²) in [6.07, 6.45) is 0. The van der Waals surface area contributed by atoms with Gasteiger partial charge in [0.1, 0.15) is 5.82 Å². The number of halogens is 1. The van der Waals surface area contributed by atoms with Gasteiger partial charge in [0.25, 0.3) is 0 Å². The normalized spacial score (nSPS) is 11.2. The van der Waals surface area contributed by atoms with Gasteiger partial charge in [-0.25, -0.2) is 8.91 Å². The number of hydrogen-bond donors (Lipinski definition) is 1. The number of nitrogen functional groups attached to an aromatic ring is 1. The quantitative estimate of drug-likeness (QED) is 0.719. The largest absolute Gasteiger partial charge is 0.366 e. The highest BCUT2D eigenvalue weighted by molar-refractivity contribution is 7.15. The number of aromatic nitrogens is 3. The molecular weight excluding hydrogens is 239 g/mol. The van der Waals surface area contributed by atoms with Gasteiger partial charge >= 0.3 is 0 Å². The molecule has 0 aliphatic heterocycles. The van der Waals surface area contributed by atoms with Crippen LogP contribution in [0.1, 0.15) is 5.56 Å². The average Bonchev–Trinajstić information content (AvgIpc) is 2.81. The first-order chi connectivity index (χ1) is 8.15. The van der Waals surface area contributed by atoms with Crippen LogP contribution in [-0.4, -0.2) is 14.6 Å². The Balaban J connectivity index is 2.22. The molecule has 1 aromatic carbocycles. The van der Waals surface area contributed by atoms with Crippen molar-refractivity contribution in [3.8, 4) is 11.3 Å². The summed E-state index contributed by atoms with van der Waals surface area (Å²) in [6.45, 7) is 1.73. The number of benzene rings is 1. The molecule has 0 saturated carbocycles. The fourth-order valence-electron chi connectivity index (χ4n) is 1.70. The van der Waals surface area contributed by atoms with E-state index in [4.69, 9.17) is 5.73 Å². The third-order valence-corrected chi connectivity index (χ3v) is 3.37. The Bertz CT molecular complexity index is 701. The second-order valence-corrected chi connectivity index (χ2v) is 4.59. The molecule has 0 radical (unpaired) electrons. The van der Waals surface area contributed by atoms with Crippen molar-refractivity contribution < 1.29 is 4.39 Å². The van der Waals surface area contributed by atoms with Crippen molar-refractivity contribution >= 4 is 22.2 Å². The Hall–Kier alpha value is -1.95. The van der Waals surface area contributed by atoms with Crippen molar-refractivity contribution in [2.75, 3.05) is 5.73 Å². The Kier molecular flexibility index (Phi) is 2.12. The van der Waals surface area contributed by atoms with Crippen molar-refractivity contribution in [1.82, 2.24) is 14.6 Å². The van der Waals surface area contributed by atoms with Crippen LogP contribution in [-0.2, 0) is 0 Å². The first kappa shape index (κ1) is 10.2. The van der Waals surface area contributed by atoms with Gasteiger partial charge in [0, 0.05) is 10.9 Å². The minimum Gasteiger partial charge on any atom is -0.366 e. The molecule has 0 saturated heterocycles. The number of anilines is 1. The second-order valence-electron chi connectivity index (χ2n) is 3.75. The van der Waals surface area contributed by atoms with Crippen LogP contribution in [0.5, 0.6) is 0 Å². The van der Waals surface area contributed by atoms with Gasteiger partial charge in [0.15, 0.2) is 0 Å². The Morgan fingerprint density at radius 3 is 3.00 bits per heavy atom. The molecule has 0 unspecified atom stereocenters. The molecule has 0 fully saturated rings. The van der Waals surface area contributed by atoms with Gasteiger partial charge < -0.3 is 5.73 Å². The van der Waals surface area contributed by atoms with Crippen molar-refractivity contribution in [1.29, 1.82) is 0 Å². The van der Waals surface area contributed by atoms with Crippen LogP contribution in [0.3, 0.4) is 0 Å². The lowest BCUT2D eigenvalue weighted by Crippen LogP contribution is -1.92.